The van der Waals surface area contributed by atoms with Crippen molar-refractivity contribution in [1.82, 2.24) is 25.3 Å². The first-order valence-electron chi connectivity index (χ1n) is 9.71. The molecule has 0 saturated heterocycles. The number of fused-ring (bicyclic) bond motifs is 2. The number of ether oxygens (including phenoxy) is 1. The zero-order valence-corrected chi connectivity index (χ0v) is 16.5. The largest absolute Gasteiger partial charge is 0.469 e. The monoisotopic (exact) mass is 379 g/mol. The Balaban J connectivity index is 1.81. The summed E-state index contributed by atoms with van der Waals surface area (Å²) in [5, 5.41) is 12.0. The van der Waals surface area contributed by atoms with Gasteiger partial charge in [-0.2, -0.15) is 0 Å². The van der Waals surface area contributed by atoms with E-state index < -0.39 is 0 Å². The third-order valence-corrected chi connectivity index (χ3v) is 5.57. The predicted octanol–water partition coefficient (Wildman–Crippen LogP) is 2.50. The molecule has 4 rings (SSSR count). The maximum Gasteiger partial charge on any atom is 0.306 e. The van der Waals surface area contributed by atoms with Gasteiger partial charge in [-0.1, -0.05) is 17.3 Å². The van der Waals surface area contributed by atoms with Gasteiger partial charge in [0.1, 0.15) is 5.52 Å². The highest BCUT2D eigenvalue weighted by Crippen LogP contribution is 2.33. The Labute approximate surface area is 164 Å². The summed E-state index contributed by atoms with van der Waals surface area (Å²) >= 11 is 0. The van der Waals surface area contributed by atoms with Crippen molar-refractivity contribution in [2.24, 2.45) is 0 Å². The lowest BCUT2D eigenvalue weighted by molar-refractivity contribution is -0.140. The van der Waals surface area contributed by atoms with Crippen LogP contribution in [0.3, 0.4) is 0 Å². The quantitative estimate of drug-likeness (QED) is 0.686. The van der Waals surface area contributed by atoms with Crippen LogP contribution in [0.2, 0.25) is 0 Å². The van der Waals surface area contributed by atoms with Crippen LogP contribution in [-0.2, 0) is 29.0 Å². The molecule has 1 N–H and O–H groups in total. The van der Waals surface area contributed by atoms with E-state index in [4.69, 9.17) is 9.72 Å². The van der Waals surface area contributed by atoms with E-state index in [0.717, 1.165) is 59.6 Å². The number of methoxy groups -OCH3 is 1. The molecule has 0 bridgehead atoms. The molecule has 1 aromatic carbocycles. The van der Waals surface area contributed by atoms with Crippen LogP contribution < -0.4 is 5.32 Å². The first kappa shape index (κ1) is 18.6. The molecule has 0 saturated carbocycles. The molecule has 0 aliphatic carbocycles. The van der Waals surface area contributed by atoms with Gasteiger partial charge in [-0.3, -0.25) is 9.78 Å². The second-order valence-electron chi connectivity index (χ2n) is 7.15. The summed E-state index contributed by atoms with van der Waals surface area (Å²) in [6, 6.07) is 8.29. The van der Waals surface area contributed by atoms with Crippen LogP contribution in [0.4, 0.5) is 0 Å². The minimum Gasteiger partial charge on any atom is -0.469 e. The molecule has 3 heterocycles. The van der Waals surface area contributed by atoms with E-state index in [0.29, 0.717) is 0 Å². The predicted molar refractivity (Wildman–Crippen MR) is 106 cm³/mol. The van der Waals surface area contributed by atoms with E-state index in [-0.39, 0.29) is 18.3 Å². The van der Waals surface area contributed by atoms with Gasteiger partial charge in [0.05, 0.1) is 24.7 Å². The van der Waals surface area contributed by atoms with Crippen LogP contribution in [0.15, 0.2) is 24.3 Å². The van der Waals surface area contributed by atoms with Gasteiger partial charge in [-0.05, 0) is 55.6 Å². The van der Waals surface area contributed by atoms with E-state index >= 15 is 0 Å². The molecule has 7 heteroatoms. The van der Waals surface area contributed by atoms with Gasteiger partial charge in [0, 0.05) is 24.7 Å². The lowest BCUT2D eigenvalue weighted by Crippen LogP contribution is -2.25. The Bertz CT molecular complexity index is 1030. The number of carbonyl (C=O) groups is 1. The van der Waals surface area contributed by atoms with Crippen molar-refractivity contribution >= 4 is 17.0 Å². The van der Waals surface area contributed by atoms with Gasteiger partial charge >= 0.3 is 5.97 Å². The lowest BCUT2D eigenvalue weighted by atomic mass is 9.87. The second-order valence-corrected chi connectivity index (χ2v) is 7.15. The molecule has 2 aromatic heterocycles. The lowest BCUT2D eigenvalue weighted by Gasteiger charge is -2.22. The summed E-state index contributed by atoms with van der Waals surface area (Å²) in [6.45, 7) is 6.58. The number of carbonyl (C=O) groups excluding carboxylic acids is 1. The van der Waals surface area contributed by atoms with E-state index in [1.165, 1.54) is 12.7 Å². The molecule has 146 valence electrons. The maximum absolute atomic E-state index is 12.2. The molecular weight excluding hydrogens is 354 g/mol. The summed E-state index contributed by atoms with van der Waals surface area (Å²) in [7, 11) is 1.42. The minimum absolute atomic E-state index is 0.184. The third-order valence-electron chi connectivity index (χ3n) is 5.57. The number of nitrogens with one attached hydrogen (secondary N) is 1. The molecule has 0 spiro atoms. The van der Waals surface area contributed by atoms with Crippen molar-refractivity contribution < 1.29 is 9.53 Å². The number of benzene rings is 1. The molecular formula is C21H25N5O2. The summed E-state index contributed by atoms with van der Waals surface area (Å²) in [5.41, 5.74) is 7.17. The van der Waals surface area contributed by atoms with Gasteiger partial charge in [0.2, 0.25) is 0 Å². The van der Waals surface area contributed by atoms with Crippen LogP contribution in [0, 0.1) is 6.92 Å². The van der Waals surface area contributed by atoms with E-state index in [1.807, 2.05) is 30.7 Å². The summed E-state index contributed by atoms with van der Waals surface area (Å²) in [6.07, 6.45) is 1.22. The average Bonchev–Trinajstić information content (AvgIpc) is 3.16. The molecule has 1 aliphatic rings. The fourth-order valence-corrected chi connectivity index (χ4v) is 3.97. The SMILES string of the molecule is CCn1nnc2c(C)c([C@H](CC(=O)OC)c3ccc4c(n3)CNCC4)ccc21. The van der Waals surface area contributed by atoms with Crippen molar-refractivity contribution in [1.29, 1.82) is 0 Å². The number of nitrogens with zero attached hydrogens (tertiary/aromatic N) is 4. The zero-order chi connectivity index (χ0) is 19.7. The number of aromatic nitrogens is 4. The van der Waals surface area contributed by atoms with Crippen molar-refractivity contribution in [3.63, 3.8) is 0 Å². The van der Waals surface area contributed by atoms with Gasteiger partial charge in [-0.15, -0.1) is 5.10 Å². The Morgan fingerprint density at radius 3 is 2.96 bits per heavy atom. The van der Waals surface area contributed by atoms with Crippen LogP contribution in [0.5, 0.6) is 0 Å². The van der Waals surface area contributed by atoms with Crippen LogP contribution in [0.1, 0.15) is 47.3 Å². The Morgan fingerprint density at radius 1 is 1.32 bits per heavy atom. The number of esters is 1. The number of hydrogen-bond acceptors (Lipinski definition) is 6. The molecule has 0 amide bonds. The molecule has 0 unspecified atom stereocenters. The van der Waals surface area contributed by atoms with Crippen LogP contribution in [-0.4, -0.2) is 39.6 Å². The molecule has 28 heavy (non-hydrogen) atoms. The fourth-order valence-electron chi connectivity index (χ4n) is 3.97. The Kier molecular flexibility index (Phi) is 5.09. The maximum atomic E-state index is 12.2. The van der Waals surface area contributed by atoms with Gasteiger partial charge in [0.25, 0.3) is 0 Å². The average molecular weight is 379 g/mol. The smallest absolute Gasteiger partial charge is 0.306 e. The highest BCUT2D eigenvalue weighted by atomic mass is 16.5. The number of rotatable bonds is 5. The van der Waals surface area contributed by atoms with Gasteiger partial charge in [0.15, 0.2) is 0 Å². The Morgan fingerprint density at radius 2 is 2.18 bits per heavy atom. The summed E-state index contributed by atoms with van der Waals surface area (Å²) in [4.78, 5) is 17.1. The fraction of sp³-hybridized carbons (Fsp3) is 0.429. The minimum atomic E-state index is -0.251. The summed E-state index contributed by atoms with van der Waals surface area (Å²) in [5.74, 6) is -0.435. The van der Waals surface area contributed by atoms with Crippen molar-refractivity contribution in [3.8, 4) is 0 Å². The van der Waals surface area contributed by atoms with Crippen LogP contribution >= 0.6 is 0 Å². The molecule has 1 atom stereocenters. The molecule has 1 aliphatic heterocycles. The number of aryl methyl sites for hydroxylation is 2. The van der Waals surface area contributed by atoms with Crippen molar-refractivity contribution in [2.75, 3.05) is 13.7 Å². The van der Waals surface area contributed by atoms with Gasteiger partial charge < -0.3 is 10.1 Å². The first-order valence-corrected chi connectivity index (χ1v) is 9.71. The number of hydrogen-bond donors (Lipinski definition) is 1. The van der Waals surface area contributed by atoms with E-state index in [9.17, 15) is 4.79 Å². The van der Waals surface area contributed by atoms with Crippen molar-refractivity contribution in [3.05, 3.63) is 52.3 Å². The first-order chi connectivity index (χ1) is 13.6. The highest BCUT2D eigenvalue weighted by molar-refractivity contribution is 5.80. The normalized spacial score (nSPS) is 14.7. The van der Waals surface area contributed by atoms with E-state index in [1.54, 1.807) is 0 Å². The Hall–Kier alpha value is -2.80. The molecule has 0 radical (unpaired) electrons. The topological polar surface area (TPSA) is 81.9 Å². The highest BCUT2D eigenvalue weighted by Gasteiger charge is 2.25. The molecule has 0 fully saturated rings. The van der Waals surface area contributed by atoms with E-state index in [2.05, 4.69) is 27.8 Å². The molecule has 3 aromatic rings. The van der Waals surface area contributed by atoms with Crippen LogP contribution in [0.25, 0.3) is 11.0 Å². The van der Waals surface area contributed by atoms with Crippen molar-refractivity contribution in [2.45, 2.75) is 45.7 Å². The standard InChI is InChI=1S/C21H25N5O2/c1-4-26-19-8-6-15(13(2)21(19)24-25-26)16(11-20(27)28-3)17-7-5-14-9-10-22-12-18(14)23-17/h5-8,16,22H,4,9-12H2,1-3H3/t16-/m0/s1. The number of pyridine rings is 1. The summed E-state index contributed by atoms with van der Waals surface area (Å²) < 4.78 is 6.85. The third kappa shape index (κ3) is 3.26. The second kappa shape index (κ2) is 7.67. The zero-order valence-electron chi connectivity index (χ0n) is 16.5. The molecule has 7 nitrogen and oxygen atoms in total. The van der Waals surface area contributed by atoms with Gasteiger partial charge in [-0.25, -0.2) is 4.68 Å².